The molecule has 0 aliphatic rings. The van der Waals surface area contributed by atoms with Crippen LogP contribution in [0, 0.1) is 13.8 Å². The van der Waals surface area contributed by atoms with Crippen molar-refractivity contribution in [3.63, 3.8) is 0 Å². The molecular formula is C20H19ClN8O. The highest BCUT2D eigenvalue weighted by molar-refractivity contribution is 6.29. The third kappa shape index (κ3) is 4.36. The zero-order valence-electron chi connectivity index (χ0n) is 16.6. The Morgan fingerprint density at radius 3 is 2.63 bits per heavy atom. The summed E-state index contributed by atoms with van der Waals surface area (Å²) < 4.78 is 5.98. The maximum atomic E-state index is 6.18. The fourth-order valence-electron chi connectivity index (χ4n) is 2.75. The fraction of sp³-hybridized carbons (Fsp3) is 0.200. The summed E-state index contributed by atoms with van der Waals surface area (Å²) >= 11 is 6.18. The molecule has 4 aromatic rings. The number of nitrogens with one attached hydrogen (secondary N) is 2. The lowest BCUT2D eigenvalue weighted by molar-refractivity contribution is 0.457. The van der Waals surface area contributed by atoms with Gasteiger partial charge >= 0.3 is 0 Å². The molecule has 0 spiro atoms. The second-order valence-electron chi connectivity index (χ2n) is 6.53. The number of nitrogens with zero attached hydrogens (tertiary/aromatic N) is 6. The summed E-state index contributed by atoms with van der Waals surface area (Å²) in [6.45, 7) is 5.75. The van der Waals surface area contributed by atoms with E-state index in [-0.39, 0.29) is 5.15 Å². The van der Waals surface area contributed by atoms with Crippen LogP contribution in [0.15, 0.2) is 24.5 Å². The van der Waals surface area contributed by atoms with Gasteiger partial charge in [-0.05, 0) is 37.6 Å². The Labute approximate surface area is 177 Å². The van der Waals surface area contributed by atoms with Crippen molar-refractivity contribution < 1.29 is 4.74 Å². The maximum Gasteiger partial charge on any atom is 0.221 e. The summed E-state index contributed by atoms with van der Waals surface area (Å²) in [6.07, 6.45) is 7.92. The van der Waals surface area contributed by atoms with E-state index in [1.807, 2.05) is 26.0 Å². The molecule has 0 saturated heterocycles. The van der Waals surface area contributed by atoms with Crippen molar-refractivity contribution in [3.05, 3.63) is 58.3 Å². The molecule has 2 N–H and O–H groups in total. The lowest BCUT2D eigenvalue weighted by Gasteiger charge is -2.10. The van der Waals surface area contributed by atoms with E-state index in [0.29, 0.717) is 29.1 Å². The summed E-state index contributed by atoms with van der Waals surface area (Å²) in [7, 11) is 0. The van der Waals surface area contributed by atoms with Crippen LogP contribution >= 0.6 is 11.6 Å². The Kier molecular flexibility index (Phi) is 5.53. The number of pyridine rings is 2. The Bertz CT molecular complexity index is 1210. The number of aromatic nitrogens is 8. The molecule has 0 radical (unpaired) electrons. The van der Waals surface area contributed by atoms with Crippen LogP contribution in [0.4, 0.5) is 0 Å². The van der Waals surface area contributed by atoms with Gasteiger partial charge in [0.05, 0.1) is 6.20 Å². The first-order valence-corrected chi connectivity index (χ1v) is 9.68. The Hall–Kier alpha value is -3.59. The molecule has 0 amide bonds. The largest absolute Gasteiger partial charge is 0.437 e. The van der Waals surface area contributed by atoms with Crippen LogP contribution in [-0.4, -0.2) is 40.3 Å². The molecule has 0 aliphatic carbocycles. The molecule has 0 bridgehead atoms. The minimum Gasteiger partial charge on any atom is -0.437 e. The van der Waals surface area contributed by atoms with Gasteiger partial charge in [-0.3, -0.25) is 15.2 Å². The Balaban J connectivity index is 1.59. The van der Waals surface area contributed by atoms with E-state index in [2.05, 4.69) is 40.3 Å². The third-order valence-corrected chi connectivity index (χ3v) is 4.54. The average molecular weight is 423 g/mol. The van der Waals surface area contributed by atoms with Crippen LogP contribution < -0.4 is 4.74 Å². The van der Waals surface area contributed by atoms with E-state index in [4.69, 9.17) is 16.3 Å². The van der Waals surface area contributed by atoms with E-state index in [9.17, 15) is 0 Å². The minimum atomic E-state index is 0.287. The van der Waals surface area contributed by atoms with Gasteiger partial charge in [-0.25, -0.2) is 15.0 Å². The van der Waals surface area contributed by atoms with Crippen molar-refractivity contribution in [2.45, 2.75) is 27.2 Å². The minimum absolute atomic E-state index is 0.287. The Morgan fingerprint density at radius 1 is 1.03 bits per heavy atom. The van der Waals surface area contributed by atoms with Crippen molar-refractivity contribution in [1.82, 2.24) is 40.3 Å². The second kappa shape index (κ2) is 8.42. The highest BCUT2D eigenvalue weighted by Gasteiger charge is 2.11. The number of aromatic amines is 2. The molecule has 0 saturated carbocycles. The second-order valence-corrected chi connectivity index (χ2v) is 6.91. The molecule has 152 valence electrons. The number of halogens is 1. The van der Waals surface area contributed by atoms with Gasteiger partial charge in [0.1, 0.15) is 16.8 Å². The summed E-state index contributed by atoms with van der Waals surface area (Å²) in [5.74, 6) is 3.58. The molecule has 0 unspecified atom stereocenters. The quantitative estimate of drug-likeness (QED) is 0.447. The smallest absolute Gasteiger partial charge is 0.221 e. The predicted octanol–water partition coefficient (Wildman–Crippen LogP) is 4.18. The fourth-order valence-corrected chi connectivity index (χ4v) is 2.95. The highest BCUT2D eigenvalue weighted by Crippen LogP contribution is 2.29. The van der Waals surface area contributed by atoms with Gasteiger partial charge in [-0.2, -0.15) is 10.2 Å². The first kappa shape index (κ1) is 19.7. The molecule has 4 rings (SSSR count). The van der Waals surface area contributed by atoms with E-state index < -0.39 is 0 Å². The topological polar surface area (TPSA) is 118 Å². The molecule has 0 aromatic carbocycles. The molecule has 4 heterocycles. The van der Waals surface area contributed by atoms with E-state index in [1.165, 1.54) is 0 Å². The van der Waals surface area contributed by atoms with E-state index in [0.717, 1.165) is 28.9 Å². The number of rotatable bonds is 6. The predicted molar refractivity (Wildman–Crippen MR) is 113 cm³/mol. The van der Waals surface area contributed by atoms with Gasteiger partial charge < -0.3 is 4.74 Å². The van der Waals surface area contributed by atoms with Gasteiger partial charge in [0.2, 0.25) is 5.88 Å². The van der Waals surface area contributed by atoms with Gasteiger partial charge in [0.25, 0.3) is 0 Å². The third-order valence-electron chi connectivity index (χ3n) is 4.35. The summed E-state index contributed by atoms with van der Waals surface area (Å²) in [5, 5.41) is 14.2. The highest BCUT2D eigenvalue weighted by atomic mass is 35.5. The SMILES string of the molecule is CCc1n[nH]c(/C=C/c2cncc(Oc3cc(-c4nc(C)n[nH]4)cc(Cl)n3)c2C)n1. The summed E-state index contributed by atoms with van der Waals surface area (Å²) in [6, 6.07) is 3.44. The van der Waals surface area contributed by atoms with E-state index >= 15 is 0 Å². The van der Waals surface area contributed by atoms with Crippen LogP contribution in [0.2, 0.25) is 5.15 Å². The number of hydrogen-bond acceptors (Lipinski definition) is 7. The maximum absolute atomic E-state index is 6.18. The van der Waals surface area contributed by atoms with E-state index in [1.54, 1.807) is 31.5 Å². The lowest BCUT2D eigenvalue weighted by atomic mass is 10.1. The van der Waals surface area contributed by atoms with Crippen molar-refractivity contribution in [2.24, 2.45) is 0 Å². The number of ether oxygens (including phenoxy) is 1. The first-order valence-electron chi connectivity index (χ1n) is 9.30. The van der Waals surface area contributed by atoms with Crippen molar-refractivity contribution >= 4 is 23.8 Å². The van der Waals surface area contributed by atoms with Crippen LogP contribution in [0.1, 0.15) is 35.5 Å². The normalized spacial score (nSPS) is 11.3. The van der Waals surface area contributed by atoms with Gasteiger partial charge in [-0.1, -0.05) is 18.5 Å². The molecule has 0 fully saturated rings. The Morgan fingerprint density at radius 2 is 1.90 bits per heavy atom. The summed E-state index contributed by atoms with van der Waals surface area (Å²) in [5.41, 5.74) is 2.51. The van der Waals surface area contributed by atoms with Crippen molar-refractivity contribution in [1.29, 1.82) is 0 Å². The van der Waals surface area contributed by atoms with Gasteiger partial charge in [0, 0.05) is 29.8 Å². The van der Waals surface area contributed by atoms with Crippen LogP contribution in [-0.2, 0) is 6.42 Å². The lowest BCUT2D eigenvalue weighted by Crippen LogP contribution is -1.95. The zero-order valence-corrected chi connectivity index (χ0v) is 17.4. The zero-order chi connectivity index (χ0) is 21.1. The van der Waals surface area contributed by atoms with Gasteiger partial charge in [0.15, 0.2) is 17.4 Å². The molecule has 10 heteroatoms. The van der Waals surface area contributed by atoms with Crippen LogP contribution in [0.3, 0.4) is 0 Å². The molecule has 0 atom stereocenters. The van der Waals surface area contributed by atoms with Crippen LogP contribution in [0.25, 0.3) is 23.5 Å². The first-order chi connectivity index (χ1) is 14.5. The van der Waals surface area contributed by atoms with Crippen molar-refractivity contribution in [2.75, 3.05) is 0 Å². The van der Waals surface area contributed by atoms with Crippen molar-refractivity contribution in [3.8, 4) is 23.0 Å². The molecule has 0 aliphatic heterocycles. The van der Waals surface area contributed by atoms with Gasteiger partial charge in [-0.15, -0.1) is 0 Å². The standard InChI is InChI=1S/C20H19ClN8O/c1-4-17-25-18(28-27-17)6-5-13-9-22-10-15(11(13)2)30-19-8-14(7-16(21)24-19)20-23-12(3)26-29-20/h5-10H,4H2,1-3H3,(H,23,26,29)(H,25,27,28)/b6-5+. The average Bonchev–Trinajstić information content (AvgIpc) is 3.37. The number of hydrogen-bond donors (Lipinski definition) is 2. The number of aryl methyl sites for hydroxylation is 2. The number of H-pyrrole nitrogens is 2. The molecule has 4 aromatic heterocycles. The summed E-state index contributed by atoms with van der Waals surface area (Å²) in [4.78, 5) is 17.2. The molecular weight excluding hydrogens is 404 g/mol. The monoisotopic (exact) mass is 422 g/mol. The molecule has 30 heavy (non-hydrogen) atoms. The van der Waals surface area contributed by atoms with Crippen LogP contribution in [0.5, 0.6) is 11.6 Å². The molecule has 9 nitrogen and oxygen atoms in total.